The lowest BCUT2D eigenvalue weighted by Crippen LogP contribution is -2.22. The Labute approximate surface area is 175 Å². The van der Waals surface area contributed by atoms with Crippen molar-refractivity contribution in [1.82, 2.24) is 9.47 Å². The number of benzene rings is 2. The Balaban J connectivity index is 1.73. The number of azo groups is 1. The summed E-state index contributed by atoms with van der Waals surface area (Å²) in [6, 6.07) is 12.4. The van der Waals surface area contributed by atoms with Crippen LogP contribution in [0.2, 0.25) is 5.02 Å². The van der Waals surface area contributed by atoms with Crippen LogP contribution in [0, 0.1) is 0 Å². The van der Waals surface area contributed by atoms with Gasteiger partial charge in [-0.25, -0.2) is 0 Å². The number of fused-ring (bicyclic) bond motifs is 1. The fourth-order valence-electron chi connectivity index (χ4n) is 3.45. The molecular weight excluding hydrogens is 444 g/mol. The molecule has 2 heterocycles. The molecule has 3 aromatic rings. The number of hydrogen-bond acceptors (Lipinski definition) is 4. The third-order valence-corrected chi connectivity index (χ3v) is 5.68. The van der Waals surface area contributed by atoms with E-state index in [0.29, 0.717) is 11.7 Å². The quantitative estimate of drug-likeness (QED) is 0.504. The first kappa shape index (κ1) is 19.1. The van der Waals surface area contributed by atoms with Gasteiger partial charge in [0.05, 0.1) is 22.8 Å². The van der Waals surface area contributed by atoms with Crippen LogP contribution < -0.4 is 0 Å². The van der Waals surface area contributed by atoms with E-state index in [-0.39, 0.29) is 17.1 Å². The van der Waals surface area contributed by atoms with Crippen molar-refractivity contribution in [2.75, 3.05) is 13.1 Å². The highest BCUT2D eigenvalue weighted by molar-refractivity contribution is 9.10. The van der Waals surface area contributed by atoms with Crippen LogP contribution in [0.5, 0.6) is 5.88 Å². The summed E-state index contributed by atoms with van der Waals surface area (Å²) >= 11 is 9.52. The monoisotopic (exact) mass is 460 g/mol. The molecule has 0 bridgehead atoms. The Hall–Kier alpha value is -2.22. The summed E-state index contributed by atoms with van der Waals surface area (Å²) in [5, 5.41) is 19.8. The maximum atomic E-state index is 12.4. The van der Waals surface area contributed by atoms with E-state index in [9.17, 15) is 9.90 Å². The van der Waals surface area contributed by atoms with Gasteiger partial charge in [-0.1, -0.05) is 39.7 Å². The van der Waals surface area contributed by atoms with Gasteiger partial charge in [-0.3, -0.25) is 14.3 Å². The first-order chi connectivity index (χ1) is 13.5. The maximum absolute atomic E-state index is 12.4. The van der Waals surface area contributed by atoms with Crippen LogP contribution in [-0.2, 0) is 6.67 Å². The summed E-state index contributed by atoms with van der Waals surface area (Å²) in [7, 11) is 0. The van der Waals surface area contributed by atoms with Gasteiger partial charge in [0, 0.05) is 9.86 Å². The Morgan fingerprint density at radius 2 is 1.93 bits per heavy atom. The predicted molar refractivity (Wildman–Crippen MR) is 112 cm³/mol. The lowest BCUT2D eigenvalue weighted by molar-refractivity contribution is 0.0995. The van der Waals surface area contributed by atoms with Crippen LogP contribution in [0.3, 0.4) is 0 Å². The van der Waals surface area contributed by atoms with Crippen LogP contribution in [-0.4, -0.2) is 33.6 Å². The second kappa shape index (κ2) is 8.03. The Kier molecular flexibility index (Phi) is 5.48. The standard InChI is InChI=1S/C20H18BrClN4O2/c21-13-7-8-17-15(11-13)18(20(28)26(17)12-25-9-3-4-10-25)23-24-19(27)14-5-1-2-6-16(14)22/h1-2,5-8,11,28H,3-4,9-10,12H2. The van der Waals surface area contributed by atoms with Crippen molar-refractivity contribution in [1.29, 1.82) is 0 Å². The van der Waals surface area contributed by atoms with Crippen LogP contribution in [0.25, 0.3) is 10.9 Å². The number of halogens is 2. The molecule has 1 saturated heterocycles. The number of carbonyl (C=O) groups excluding carboxylic acids is 1. The second-order valence-electron chi connectivity index (χ2n) is 6.71. The van der Waals surface area contributed by atoms with Crippen LogP contribution in [0.4, 0.5) is 5.69 Å². The van der Waals surface area contributed by atoms with Crippen molar-refractivity contribution >= 4 is 50.0 Å². The first-order valence-electron chi connectivity index (χ1n) is 8.98. The largest absolute Gasteiger partial charge is 0.493 e. The molecule has 1 N–H and O–H groups in total. The average Bonchev–Trinajstić information content (AvgIpc) is 3.28. The highest BCUT2D eigenvalue weighted by Gasteiger charge is 2.21. The zero-order chi connectivity index (χ0) is 19.7. The average molecular weight is 462 g/mol. The molecule has 2 aromatic carbocycles. The molecule has 28 heavy (non-hydrogen) atoms. The number of aromatic hydroxyl groups is 1. The number of hydrogen-bond donors (Lipinski definition) is 1. The van der Waals surface area contributed by atoms with Crippen molar-refractivity contribution < 1.29 is 9.90 Å². The minimum atomic E-state index is -0.555. The number of amides is 1. The Bertz CT molecular complexity index is 1070. The Morgan fingerprint density at radius 3 is 2.68 bits per heavy atom. The predicted octanol–water partition coefficient (Wildman–Crippen LogP) is 5.74. The lowest BCUT2D eigenvalue weighted by Gasteiger charge is -2.17. The second-order valence-corrected chi connectivity index (χ2v) is 8.04. The van der Waals surface area contributed by atoms with E-state index >= 15 is 0 Å². The molecule has 0 radical (unpaired) electrons. The van der Waals surface area contributed by atoms with Crippen molar-refractivity contribution in [3.05, 3.63) is 57.5 Å². The third kappa shape index (κ3) is 3.70. The molecular formula is C20H18BrClN4O2. The molecule has 0 saturated carbocycles. The van der Waals surface area contributed by atoms with Gasteiger partial charge in [-0.15, -0.1) is 10.2 Å². The van der Waals surface area contributed by atoms with Gasteiger partial charge in [0.1, 0.15) is 0 Å². The van der Waals surface area contributed by atoms with E-state index in [2.05, 4.69) is 31.1 Å². The highest BCUT2D eigenvalue weighted by atomic mass is 79.9. The number of rotatable bonds is 4. The van der Waals surface area contributed by atoms with Gasteiger partial charge < -0.3 is 5.11 Å². The molecule has 4 rings (SSSR count). The van der Waals surface area contributed by atoms with E-state index in [1.165, 1.54) is 0 Å². The molecule has 0 spiro atoms. The molecule has 1 fully saturated rings. The fraction of sp³-hybridized carbons (Fsp3) is 0.250. The summed E-state index contributed by atoms with van der Waals surface area (Å²) in [6.07, 6.45) is 2.31. The van der Waals surface area contributed by atoms with E-state index < -0.39 is 5.91 Å². The molecule has 1 aromatic heterocycles. The molecule has 0 unspecified atom stereocenters. The van der Waals surface area contributed by atoms with Gasteiger partial charge in [0.25, 0.3) is 5.91 Å². The topological polar surface area (TPSA) is 70.2 Å². The van der Waals surface area contributed by atoms with E-state index in [4.69, 9.17) is 11.6 Å². The zero-order valence-electron chi connectivity index (χ0n) is 15.0. The van der Waals surface area contributed by atoms with Crippen LogP contribution in [0.1, 0.15) is 23.2 Å². The summed E-state index contributed by atoms with van der Waals surface area (Å²) in [5.41, 5.74) is 1.39. The molecule has 1 aliphatic heterocycles. The smallest absolute Gasteiger partial charge is 0.296 e. The minimum Gasteiger partial charge on any atom is -0.493 e. The van der Waals surface area contributed by atoms with Gasteiger partial charge in [0.2, 0.25) is 5.88 Å². The van der Waals surface area contributed by atoms with Crippen LogP contribution >= 0.6 is 27.5 Å². The summed E-state index contributed by atoms with van der Waals surface area (Å²) < 4.78 is 2.66. The van der Waals surface area contributed by atoms with Crippen molar-refractivity contribution in [2.45, 2.75) is 19.5 Å². The van der Waals surface area contributed by atoms with E-state index in [1.807, 2.05) is 18.2 Å². The molecule has 8 heteroatoms. The Morgan fingerprint density at radius 1 is 1.18 bits per heavy atom. The summed E-state index contributed by atoms with van der Waals surface area (Å²) in [5.74, 6) is -0.559. The van der Waals surface area contributed by atoms with Crippen LogP contribution in [0.15, 0.2) is 57.2 Å². The lowest BCUT2D eigenvalue weighted by atomic mass is 10.2. The van der Waals surface area contributed by atoms with Gasteiger partial charge in [-0.2, -0.15) is 0 Å². The first-order valence-corrected chi connectivity index (χ1v) is 10.2. The summed E-state index contributed by atoms with van der Waals surface area (Å²) in [4.78, 5) is 14.7. The van der Waals surface area contributed by atoms with Crippen molar-refractivity contribution in [3.8, 4) is 5.88 Å². The molecule has 0 aliphatic carbocycles. The maximum Gasteiger partial charge on any atom is 0.296 e. The zero-order valence-corrected chi connectivity index (χ0v) is 17.3. The molecule has 1 amide bonds. The molecule has 6 nitrogen and oxygen atoms in total. The van der Waals surface area contributed by atoms with Crippen molar-refractivity contribution in [2.24, 2.45) is 10.2 Å². The molecule has 1 aliphatic rings. The van der Waals surface area contributed by atoms with Gasteiger partial charge in [-0.05, 0) is 56.3 Å². The highest BCUT2D eigenvalue weighted by Crippen LogP contribution is 2.40. The number of likely N-dealkylation sites (tertiary alicyclic amines) is 1. The third-order valence-electron chi connectivity index (χ3n) is 4.86. The fourth-order valence-corrected chi connectivity index (χ4v) is 4.02. The number of carbonyl (C=O) groups is 1. The minimum absolute atomic E-state index is 0.00397. The normalized spacial score (nSPS) is 15.1. The molecule has 144 valence electrons. The number of aromatic nitrogens is 1. The van der Waals surface area contributed by atoms with Crippen molar-refractivity contribution in [3.63, 3.8) is 0 Å². The summed E-state index contributed by atoms with van der Waals surface area (Å²) in [6.45, 7) is 2.56. The van der Waals surface area contributed by atoms with E-state index in [0.717, 1.165) is 41.3 Å². The van der Waals surface area contributed by atoms with Gasteiger partial charge in [0.15, 0.2) is 5.69 Å². The van der Waals surface area contributed by atoms with E-state index in [1.54, 1.807) is 28.8 Å². The number of nitrogens with zero attached hydrogens (tertiary/aromatic N) is 4. The van der Waals surface area contributed by atoms with Gasteiger partial charge >= 0.3 is 0 Å². The molecule has 0 atom stereocenters. The SMILES string of the molecule is O=C(N=Nc1c(O)n(CN2CCCC2)c2ccc(Br)cc12)c1ccccc1Cl.